The van der Waals surface area contributed by atoms with E-state index in [1.807, 2.05) is 6.92 Å². The Labute approximate surface area is 125 Å². The summed E-state index contributed by atoms with van der Waals surface area (Å²) >= 11 is 0. The fourth-order valence-electron chi connectivity index (χ4n) is 2.69. The number of nitrogens with two attached hydrogens (primary N) is 1. The molecule has 1 saturated carbocycles. The lowest BCUT2D eigenvalue weighted by Crippen LogP contribution is -2.28. The zero-order valence-corrected chi connectivity index (χ0v) is 13.4. The van der Waals surface area contributed by atoms with Gasteiger partial charge in [0.2, 0.25) is 11.7 Å². The molecule has 2 N–H and O–H groups in total. The largest absolute Gasteiger partial charge is 0.367 e. The van der Waals surface area contributed by atoms with E-state index in [9.17, 15) is 8.42 Å². The highest BCUT2D eigenvalue weighted by atomic mass is 32.2. The molecular formula is C13H23N3O4S. The molecule has 7 nitrogen and oxygen atoms in total. The van der Waals surface area contributed by atoms with E-state index < -0.39 is 21.5 Å². The van der Waals surface area contributed by atoms with Crippen LogP contribution in [0.2, 0.25) is 0 Å². The molecular weight excluding hydrogens is 294 g/mol. The van der Waals surface area contributed by atoms with Gasteiger partial charge in [0, 0.05) is 12.9 Å². The monoisotopic (exact) mass is 317 g/mol. The summed E-state index contributed by atoms with van der Waals surface area (Å²) in [6.45, 7) is 2.53. The van der Waals surface area contributed by atoms with Gasteiger partial charge in [0.1, 0.15) is 15.4 Å². The summed E-state index contributed by atoms with van der Waals surface area (Å²) in [6, 6.07) is -0.568. The number of rotatable bonds is 7. The Morgan fingerprint density at radius 2 is 2.10 bits per heavy atom. The van der Waals surface area contributed by atoms with Crippen LogP contribution in [0, 0.1) is 0 Å². The van der Waals surface area contributed by atoms with Crippen LogP contribution in [0.15, 0.2) is 4.52 Å². The molecule has 1 atom stereocenters. The molecule has 1 aromatic heterocycles. The van der Waals surface area contributed by atoms with E-state index in [-0.39, 0.29) is 18.1 Å². The van der Waals surface area contributed by atoms with Crippen molar-refractivity contribution >= 4 is 9.84 Å². The fourth-order valence-corrected chi connectivity index (χ4v) is 3.37. The second-order valence-electron chi connectivity index (χ2n) is 5.62. The molecule has 1 aromatic rings. The van der Waals surface area contributed by atoms with Gasteiger partial charge in [-0.3, -0.25) is 0 Å². The van der Waals surface area contributed by atoms with Crippen molar-refractivity contribution < 1.29 is 17.7 Å². The maximum Gasteiger partial charge on any atom is 0.243 e. The first-order chi connectivity index (χ1) is 9.86. The quantitative estimate of drug-likeness (QED) is 0.807. The lowest BCUT2D eigenvalue weighted by atomic mass is 10.0. The molecule has 1 heterocycles. The minimum absolute atomic E-state index is 0.00246. The first kappa shape index (κ1) is 16.4. The summed E-state index contributed by atoms with van der Waals surface area (Å²) in [4.78, 5) is 4.36. The van der Waals surface area contributed by atoms with Gasteiger partial charge in [0.25, 0.3) is 0 Å². The number of sulfone groups is 1. The van der Waals surface area contributed by atoms with E-state index in [0.717, 1.165) is 25.7 Å². The van der Waals surface area contributed by atoms with E-state index in [4.69, 9.17) is 15.0 Å². The minimum Gasteiger partial charge on any atom is -0.367 e. The van der Waals surface area contributed by atoms with Gasteiger partial charge in [0.05, 0.1) is 11.8 Å². The maximum atomic E-state index is 11.2. The van der Waals surface area contributed by atoms with Crippen molar-refractivity contribution in [3.63, 3.8) is 0 Å². The number of nitrogens with zero attached hydrogens (tertiary/aromatic N) is 2. The van der Waals surface area contributed by atoms with Crippen LogP contribution in [0.25, 0.3) is 0 Å². The summed E-state index contributed by atoms with van der Waals surface area (Å²) in [5, 5.41) is 4.01. The van der Waals surface area contributed by atoms with Crippen molar-refractivity contribution in [1.29, 1.82) is 0 Å². The number of aromatic nitrogens is 2. The lowest BCUT2D eigenvalue weighted by molar-refractivity contribution is -0.0469. The predicted molar refractivity (Wildman–Crippen MR) is 77.3 cm³/mol. The van der Waals surface area contributed by atoms with Crippen LogP contribution < -0.4 is 5.73 Å². The van der Waals surface area contributed by atoms with Crippen molar-refractivity contribution in [3.05, 3.63) is 11.7 Å². The Balaban J connectivity index is 2.09. The van der Waals surface area contributed by atoms with E-state index >= 15 is 0 Å². The second kappa shape index (κ2) is 6.41. The third-order valence-electron chi connectivity index (χ3n) is 3.80. The van der Waals surface area contributed by atoms with Gasteiger partial charge in [-0.05, 0) is 39.0 Å². The van der Waals surface area contributed by atoms with Gasteiger partial charge in [-0.2, -0.15) is 4.98 Å². The Kier molecular flexibility index (Phi) is 5.00. The number of hydrogen-bond donors (Lipinski definition) is 1. The third-order valence-corrected chi connectivity index (χ3v) is 4.78. The zero-order valence-electron chi connectivity index (χ0n) is 12.5. The normalized spacial score (nSPS) is 19.8. The van der Waals surface area contributed by atoms with E-state index in [1.54, 1.807) is 0 Å². The molecule has 1 fully saturated rings. The van der Waals surface area contributed by atoms with Crippen LogP contribution in [0.4, 0.5) is 0 Å². The minimum atomic E-state index is -3.05. The molecule has 0 aliphatic heterocycles. The summed E-state index contributed by atoms with van der Waals surface area (Å²) in [6.07, 6.45) is 5.34. The van der Waals surface area contributed by atoms with Gasteiger partial charge >= 0.3 is 0 Å². The maximum absolute atomic E-state index is 11.2. The predicted octanol–water partition coefficient (Wildman–Crippen LogP) is 1.31. The van der Waals surface area contributed by atoms with Crippen LogP contribution in [0.1, 0.15) is 56.8 Å². The molecule has 1 aliphatic rings. The molecule has 1 aliphatic carbocycles. The first-order valence-electron chi connectivity index (χ1n) is 7.28. The molecule has 2 rings (SSSR count). The molecule has 1 unspecified atom stereocenters. The highest BCUT2D eigenvalue weighted by Crippen LogP contribution is 2.40. The van der Waals surface area contributed by atoms with E-state index in [0.29, 0.717) is 12.4 Å². The average molecular weight is 317 g/mol. The van der Waals surface area contributed by atoms with Crippen molar-refractivity contribution in [1.82, 2.24) is 10.1 Å². The van der Waals surface area contributed by atoms with Crippen molar-refractivity contribution in [2.45, 2.75) is 50.7 Å². The Bertz CT molecular complexity index is 564. The van der Waals surface area contributed by atoms with Gasteiger partial charge in [0.15, 0.2) is 0 Å². The van der Waals surface area contributed by atoms with E-state index in [2.05, 4.69) is 10.1 Å². The Morgan fingerprint density at radius 1 is 1.43 bits per heavy atom. The van der Waals surface area contributed by atoms with Crippen molar-refractivity contribution in [3.8, 4) is 0 Å². The van der Waals surface area contributed by atoms with Crippen LogP contribution >= 0.6 is 0 Å². The molecule has 120 valence electrons. The summed E-state index contributed by atoms with van der Waals surface area (Å²) in [5.41, 5.74) is 5.46. The lowest BCUT2D eigenvalue weighted by Gasteiger charge is -2.24. The van der Waals surface area contributed by atoms with Crippen LogP contribution in [-0.2, 0) is 20.2 Å². The van der Waals surface area contributed by atoms with Crippen molar-refractivity contribution in [2.75, 3.05) is 18.6 Å². The molecule has 0 radical (unpaired) electrons. The van der Waals surface area contributed by atoms with Crippen LogP contribution in [-0.4, -0.2) is 37.2 Å². The smallest absolute Gasteiger partial charge is 0.243 e. The third kappa shape index (κ3) is 4.02. The van der Waals surface area contributed by atoms with E-state index in [1.165, 1.54) is 6.26 Å². The first-order valence-corrected chi connectivity index (χ1v) is 9.34. The number of hydrogen-bond acceptors (Lipinski definition) is 7. The highest BCUT2D eigenvalue weighted by Gasteiger charge is 2.41. The van der Waals surface area contributed by atoms with Gasteiger partial charge in [-0.15, -0.1) is 0 Å². The highest BCUT2D eigenvalue weighted by molar-refractivity contribution is 7.90. The Hall–Kier alpha value is -0.990. The summed E-state index contributed by atoms with van der Waals surface area (Å²) < 4.78 is 33.4. The number of ether oxygens (including phenoxy) is 1. The summed E-state index contributed by atoms with van der Waals surface area (Å²) in [5.74, 6) is 0.814. The molecule has 0 aromatic carbocycles. The summed E-state index contributed by atoms with van der Waals surface area (Å²) in [7, 11) is -3.05. The molecule has 8 heteroatoms. The second-order valence-corrected chi connectivity index (χ2v) is 7.88. The average Bonchev–Trinajstić information content (AvgIpc) is 3.04. The van der Waals surface area contributed by atoms with Gasteiger partial charge in [-0.25, -0.2) is 8.42 Å². The van der Waals surface area contributed by atoms with Gasteiger partial charge < -0.3 is 15.0 Å². The standard InChI is InChI=1S/C13H23N3O4S/c1-3-19-13(7-4-5-8-13)12-15-11(20-16-12)10(14)6-9-21(2,17)18/h10H,3-9,14H2,1-2H3. The molecule has 0 bridgehead atoms. The molecule has 21 heavy (non-hydrogen) atoms. The topological polar surface area (TPSA) is 108 Å². The Morgan fingerprint density at radius 3 is 2.67 bits per heavy atom. The zero-order chi connectivity index (χ0) is 15.5. The van der Waals surface area contributed by atoms with Gasteiger partial charge in [-0.1, -0.05) is 5.16 Å². The molecule has 0 amide bonds. The molecule has 0 saturated heterocycles. The van der Waals surface area contributed by atoms with Crippen molar-refractivity contribution in [2.24, 2.45) is 5.73 Å². The fraction of sp³-hybridized carbons (Fsp3) is 0.846. The van der Waals surface area contributed by atoms with Crippen LogP contribution in [0.5, 0.6) is 0 Å². The SMILES string of the molecule is CCOC1(c2noc(C(N)CCS(C)(=O)=O)n2)CCCC1. The van der Waals surface area contributed by atoms with Crippen LogP contribution in [0.3, 0.4) is 0 Å². The molecule has 0 spiro atoms.